The summed E-state index contributed by atoms with van der Waals surface area (Å²) in [4.78, 5) is 11.1. The maximum atomic E-state index is 11.1. The van der Waals surface area contributed by atoms with Gasteiger partial charge in [0.1, 0.15) is 0 Å². The summed E-state index contributed by atoms with van der Waals surface area (Å²) in [5.41, 5.74) is 0. The molecule has 1 heterocycles. The van der Waals surface area contributed by atoms with Gasteiger partial charge in [-0.2, -0.15) is 0 Å². The van der Waals surface area contributed by atoms with Crippen LogP contribution in [-0.2, 0) is 19.0 Å². The van der Waals surface area contributed by atoms with Crippen LogP contribution >= 0.6 is 0 Å². The molecular weight excluding hydrogens is 260 g/mol. The molecule has 0 aromatic heterocycles. The average molecular weight is 288 g/mol. The van der Waals surface area contributed by atoms with Crippen LogP contribution in [0.4, 0.5) is 0 Å². The van der Waals surface area contributed by atoms with Crippen LogP contribution in [0, 0.1) is 11.8 Å². The predicted molar refractivity (Wildman–Crippen MR) is 75.5 cm³/mol. The van der Waals surface area contributed by atoms with E-state index in [1.807, 2.05) is 20.8 Å². The standard InChI is InChI=1S/C15H28O5/c1-11(2)8-13(15(16)17)10-18-9-12(3)20-14-6-4-5-7-19-14/h11-14H,4-10H2,1-3H3,(H,16,17)/t12-,13-,14?/m0/s1. The number of carboxylic acids is 1. The lowest BCUT2D eigenvalue weighted by atomic mass is 9.98. The Hall–Kier alpha value is -0.650. The van der Waals surface area contributed by atoms with Crippen molar-refractivity contribution in [2.24, 2.45) is 11.8 Å². The first-order chi connectivity index (χ1) is 9.49. The highest BCUT2D eigenvalue weighted by Crippen LogP contribution is 2.16. The van der Waals surface area contributed by atoms with Gasteiger partial charge in [-0.3, -0.25) is 4.79 Å². The normalized spacial score (nSPS) is 22.7. The molecule has 0 aliphatic carbocycles. The molecule has 5 nitrogen and oxygen atoms in total. The first-order valence-electron chi connectivity index (χ1n) is 7.56. The Balaban J connectivity index is 2.18. The molecule has 3 atom stereocenters. The highest BCUT2D eigenvalue weighted by Gasteiger charge is 2.21. The third kappa shape index (κ3) is 7.22. The smallest absolute Gasteiger partial charge is 0.308 e. The first kappa shape index (κ1) is 17.4. The zero-order valence-electron chi connectivity index (χ0n) is 12.8. The summed E-state index contributed by atoms with van der Waals surface area (Å²) < 4.78 is 16.7. The highest BCUT2D eigenvalue weighted by atomic mass is 16.7. The van der Waals surface area contributed by atoms with Gasteiger partial charge in [-0.15, -0.1) is 0 Å². The number of carboxylic acid groups (broad SMARTS) is 1. The van der Waals surface area contributed by atoms with E-state index in [1.165, 1.54) is 0 Å². The van der Waals surface area contributed by atoms with E-state index in [0.717, 1.165) is 25.9 Å². The van der Waals surface area contributed by atoms with Gasteiger partial charge < -0.3 is 19.3 Å². The van der Waals surface area contributed by atoms with E-state index in [-0.39, 0.29) is 19.0 Å². The van der Waals surface area contributed by atoms with Crippen LogP contribution in [0.1, 0.15) is 46.5 Å². The number of aliphatic carboxylic acids is 1. The van der Waals surface area contributed by atoms with Crippen LogP contribution < -0.4 is 0 Å². The minimum absolute atomic E-state index is 0.0772. The van der Waals surface area contributed by atoms with Crippen molar-refractivity contribution in [1.82, 2.24) is 0 Å². The second kappa shape index (κ2) is 9.32. The van der Waals surface area contributed by atoms with Crippen LogP contribution in [0.15, 0.2) is 0 Å². The summed E-state index contributed by atoms with van der Waals surface area (Å²) in [7, 11) is 0. The molecule has 1 saturated heterocycles. The van der Waals surface area contributed by atoms with Crippen LogP contribution in [0.3, 0.4) is 0 Å². The fraction of sp³-hybridized carbons (Fsp3) is 0.933. The molecular formula is C15H28O5. The molecule has 1 aliphatic rings. The van der Waals surface area contributed by atoms with Crippen LogP contribution in [0.5, 0.6) is 0 Å². The Labute approximate surface area is 121 Å². The molecule has 0 amide bonds. The molecule has 0 spiro atoms. The lowest BCUT2D eigenvalue weighted by molar-refractivity contribution is -0.194. The minimum atomic E-state index is -0.789. The first-order valence-corrected chi connectivity index (χ1v) is 7.56. The van der Waals surface area contributed by atoms with Gasteiger partial charge in [0.05, 0.1) is 25.2 Å². The van der Waals surface area contributed by atoms with Gasteiger partial charge in [0.2, 0.25) is 0 Å². The SMILES string of the molecule is CC(C)C[C@@H](COC[C@H](C)OC1CCCCO1)C(=O)O. The largest absolute Gasteiger partial charge is 0.481 e. The topological polar surface area (TPSA) is 65.0 Å². The van der Waals surface area contributed by atoms with Crippen LogP contribution in [0.25, 0.3) is 0 Å². The predicted octanol–water partition coefficient (Wildman–Crippen LogP) is 2.68. The molecule has 118 valence electrons. The van der Waals surface area contributed by atoms with E-state index in [2.05, 4.69) is 0 Å². The summed E-state index contributed by atoms with van der Waals surface area (Å²) in [6.45, 7) is 7.36. The molecule has 1 fully saturated rings. The van der Waals surface area contributed by atoms with Gasteiger partial charge in [-0.1, -0.05) is 13.8 Å². The second-order valence-electron chi connectivity index (χ2n) is 5.94. The van der Waals surface area contributed by atoms with Gasteiger partial charge in [-0.05, 0) is 38.5 Å². The molecule has 0 bridgehead atoms. The Morgan fingerprint density at radius 1 is 1.30 bits per heavy atom. The molecule has 5 heteroatoms. The van der Waals surface area contributed by atoms with Crippen molar-refractivity contribution in [3.05, 3.63) is 0 Å². The summed E-state index contributed by atoms with van der Waals surface area (Å²) in [6, 6.07) is 0. The van der Waals surface area contributed by atoms with Gasteiger partial charge in [0, 0.05) is 6.61 Å². The van der Waals surface area contributed by atoms with Crippen molar-refractivity contribution < 1.29 is 24.1 Å². The second-order valence-corrected chi connectivity index (χ2v) is 5.94. The third-order valence-corrected chi connectivity index (χ3v) is 3.30. The van der Waals surface area contributed by atoms with Crippen molar-refractivity contribution in [1.29, 1.82) is 0 Å². The Bertz CT molecular complexity index is 273. The third-order valence-electron chi connectivity index (χ3n) is 3.30. The average Bonchev–Trinajstić information content (AvgIpc) is 2.38. The van der Waals surface area contributed by atoms with Crippen molar-refractivity contribution >= 4 is 5.97 Å². The maximum absolute atomic E-state index is 11.1. The molecule has 0 aromatic carbocycles. The van der Waals surface area contributed by atoms with E-state index in [0.29, 0.717) is 18.9 Å². The molecule has 0 radical (unpaired) electrons. The minimum Gasteiger partial charge on any atom is -0.481 e. The summed E-state index contributed by atoms with van der Waals surface area (Å²) in [5.74, 6) is -0.875. The van der Waals surface area contributed by atoms with Crippen molar-refractivity contribution in [2.45, 2.75) is 58.8 Å². The number of carbonyl (C=O) groups is 1. The Morgan fingerprint density at radius 3 is 2.60 bits per heavy atom. The Morgan fingerprint density at radius 2 is 2.05 bits per heavy atom. The molecule has 20 heavy (non-hydrogen) atoms. The molecule has 1 N–H and O–H groups in total. The molecule has 1 unspecified atom stereocenters. The molecule has 0 saturated carbocycles. The van der Waals surface area contributed by atoms with Crippen LogP contribution in [0.2, 0.25) is 0 Å². The zero-order chi connectivity index (χ0) is 15.0. The fourth-order valence-corrected chi connectivity index (χ4v) is 2.30. The number of hydrogen-bond acceptors (Lipinski definition) is 4. The summed E-state index contributed by atoms with van der Waals surface area (Å²) in [6.07, 6.45) is 3.58. The van der Waals surface area contributed by atoms with Gasteiger partial charge in [0.25, 0.3) is 0 Å². The lowest BCUT2D eigenvalue weighted by Crippen LogP contribution is -2.30. The number of hydrogen-bond donors (Lipinski definition) is 1. The van der Waals surface area contributed by atoms with Crippen molar-refractivity contribution in [2.75, 3.05) is 19.8 Å². The van der Waals surface area contributed by atoms with E-state index in [4.69, 9.17) is 19.3 Å². The van der Waals surface area contributed by atoms with Gasteiger partial charge in [-0.25, -0.2) is 0 Å². The molecule has 1 rings (SSSR count). The summed E-state index contributed by atoms with van der Waals surface area (Å²) >= 11 is 0. The highest BCUT2D eigenvalue weighted by molar-refractivity contribution is 5.70. The van der Waals surface area contributed by atoms with E-state index in [9.17, 15) is 4.79 Å². The summed E-state index contributed by atoms with van der Waals surface area (Å²) in [5, 5.41) is 9.12. The van der Waals surface area contributed by atoms with Gasteiger partial charge in [0.15, 0.2) is 6.29 Å². The maximum Gasteiger partial charge on any atom is 0.308 e. The molecule has 0 aromatic rings. The quantitative estimate of drug-likeness (QED) is 0.706. The molecule has 1 aliphatic heterocycles. The van der Waals surface area contributed by atoms with Crippen molar-refractivity contribution in [3.8, 4) is 0 Å². The van der Waals surface area contributed by atoms with E-state index < -0.39 is 11.9 Å². The van der Waals surface area contributed by atoms with Crippen molar-refractivity contribution in [3.63, 3.8) is 0 Å². The van der Waals surface area contributed by atoms with Crippen LogP contribution in [-0.4, -0.2) is 43.3 Å². The number of rotatable bonds is 9. The van der Waals surface area contributed by atoms with Gasteiger partial charge >= 0.3 is 5.97 Å². The lowest BCUT2D eigenvalue weighted by Gasteiger charge is -2.26. The monoisotopic (exact) mass is 288 g/mol. The fourth-order valence-electron chi connectivity index (χ4n) is 2.30. The van der Waals surface area contributed by atoms with E-state index in [1.54, 1.807) is 0 Å². The number of ether oxygens (including phenoxy) is 3. The van der Waals surface area contributed by atoms with E-state index >= 15 is 0 Å². The zero-order valence-corrected chi connectivity index (χ0v) is 12.8. The Kier molecular flexibility index (Phi) is 8.11.